The van der Waals surface area contributed by atoms with Crippen LogP contribution in [0.5, 0.6) is 0 Å². The molecule has 1 fully saturated rings. The third kappa shape index (κ3) is 3.27. The lowest BCUT2D eigenvalue weighted by Crippen LogP contribution is -2.54. The molecule has 0 aromatic rings. The molecule has 4 heteroatoms. The highest BCUT2D eigenvalue weighted by Crippen LogP contribution is 2.12. The van der Waals surface area contributed by atoms with E-state index in [0.29, 0.717) is 6.04 Å². The molecule has 4 nitrogen and oxygen atoms in total. The zero-order valence-electron chi connectivity index (χ0n) is 9.01. The molecule has 1 unspecified atom stereocenters. The largest absolute Gasteiger partial charge is 0.381 e. The molecule has 82 valence electrons. The van der Waals surface area contributed by atoms with E-state index in [2.05, 4.69) is 5.32 Å². The number of rotatable bonds is 3. The van der Waals surface area contributed by atoms with Crippen LogP contribution in [0.3, 0.4) is 0 Å². The van der Waals surface area contributed by atoms with Crippen molar-refractivity contribution < 1.29 is 9.53 Å². The van der Waals surface area contributed by atoms with Gasteiger partial charge in [-0.15, -0.1) is 0 Å². The van der Waals surface area contributed by atoms with Crippen LogP contribution in [0.15, 0.2) is 0 Å². The quantitative estimate of drug-likeness (QED) is 0.693. The normalized spacial score (nSPS) is 24.3. The molecule has 0 saturated carbocycles. The molecule has 1 amide bonds. The van der Waals surface area contributed by atoms with E-state index in [-0.39, 0.29) is 5.91 Å². The fourth-order valence-electron chi connectivity index (χ4n) is 1.63. The lowest BCUT2D eigenvalue weighted by molar-refractivity contribution is -0.123. The van der Waals surface area contributed by atoms with Crippen molar-refractivity contribution in [3.63, 3.8) is 0 Å². The van der Waals surface area contributed by atoms with Gasteiger partial charge in [0.2, 0.25) is 5.91 Å². The summed E-state index contributed by atoms with van der Waals surface area (Å²) in [6, 6.07) is 0.347. The van der Waals surface area contributed by atoms with Gasteiger partial charge in [-0.3, -0.25) is 4.79 Å². The maximum atomic E-state index is 11.1. The summed E-state index contributed by atoms with van der Waals surface area (Å²) in [6.45, 7) is 5.24. The Bertz CT molecular complexity index is 196. The monoisotopic (exact) mass is 200 g/mol. The second-order valence-corrected chi connectivity index (χ2v) is 4.37. The van der Waals surface area contributed by atoms with E-state index in [1.54, 1.807) is 0 Å². The number of nitrogens with two attached hydrogens (primary N) is 1. The fourth-order valence-corrected chi connectivity index (χ4v) is 1.63. The number of amides is 1. The lowest BCUT2D eigenvalue weighted by atomic mass is 10.0. The van der Waals surface area contributed by atoms with Gasteiger partial charge in [-0.25, -0.2) is 0 Å². The summed E-state index contributed by atoms with van der Waals surface area (Å²) >= 11 is 0. The zero-order valence-corrected chi connectivity index (χ0v) is 9.01. The Morgan fingerprint density at radius 1 is 1.43 bits per heavy atom. The summed E-state index contributed by atoms with van der Waals surface area (Å²) < 4.78 is 5.34. The number of primary amides is 1. The molecule has 1 atom stereocenters. The van der Waals surface area contributed by atoms with Crippen molar-refractivity contribution in [2.24, 2.45) is 5.73 Å². The number of hydrogen-bond acceptors (Lipinski definition) is 3. The molecule has 0 aromatic heterocycles. The Labute approximate surface area is 85.2 Å². The van der Waals surface area contributed by atoms with Gasteiger partial charge in [0, 0.05) is 19.3 Å². The molecule has 3 N–H and O–H groups in total. The number of hydrogen-bond donors (Lipinski definition) is 2. The van der Waals surface area contributed by atoms with E-state index in [0.717, 1.165) is 32.5 Å². The molecule has 1 rings (SSSR count). The van der Waals surface area contributed by atoms with Gasteiger partial charge < -0.3 is 15.8 Å². The van der Waals surface area contributed by atoms with Crippen molar-refractivity contribution >= 4 is 5.91 Å². The van der Waals surface area contributed by atoms with Gasteiger partial charge in [-0.05, 0) is 33.1 Å². The third-order valence-corrected chi connectivity index (χ3v) is 2.63. The second kappa shape index (κ2) is 4.75. The molecule has 1 aliphatic heterocycles. The standard InChI is InChI=1S/C10H20N2O2/c1-10(2,9(11)13)12-8-4-3-6-14-7-5-8/h8,12H,3-7H2,1-2H3,(H2,11,13). The summed E-state index contributed by atoms with van der Waals surface area (Å²) in [5.74, 6) is -0.303. The van der Waals surface area contributed by atoms with Crippen molar-refractivity contribution in [1.29, 1.82) is 0 Å². The van der Waals surface area contributed by atoms with E-state index >= 15 is 0 Å². The Morgan fingerprint density at radius 2 is 2.14 bits per heavy atom. The highest BCUT2D eigenvalue weighted by Gasteiger charge is 2.27. The Kier molecular flexibility index (Phi) is 3.89. The predicted molar refractivity (Wildman–Crippen MR) is 54.9 cm³/mol. The van der Waals surface area contributed by atoms with Crippen molar-refractivity contribution in [2.45, 2.75) is 44.7 Å². The predicted octanol–water partition coefficient (Wildman–Crippen LogP) is 0.409. The average Bonchev–Trinajstić information content (AvgIpc) is 2.32. The van der Waals surface area contributed by atoms with Crippen LogP contribution in [-0.4, -0.2) is 30.7 Å². The van der Waals surface area contributed by atoms with Crippen molar-refractivity contribution in [2.75, 3.05) is 13.2 Å². The van der Waals surface area contributed by atoms with Crippen LogP contribution in [0.1, 0.15) is 33.1 Å². The number of ether oxygens (including phenoxy) is 1. The van der Waals surface area contributed by atoms with Crippen LogP contribution in [0, 0.1) is 0 Å². The molecular formula is C10H20N2O2. The van der Waals surface area contributed by atoms with Gasteiger partial charge in [-0.1, -0.05) is 0 Å². The van der Waals surface area contributed by atoms with E-state index in [9.17, 15) is 4.79 Å². The van der Waals surface area contributed by atoms with Crippen LogP contribution in [0.2, 0.25) is 0 Å². The molecule has 14 heavy (non-hydrogen) atoms. The molecular weight excluding hydrogens is 180 g/mol. The molecule has 0 bridgehead atoms. The SMILES string of the molecule is CC(C)(NC1CCCOCC1)C(N)=O. The topological polar surface area (TPSA) is 64.3 Å². The number of nitrogens with one attached hydrogen (secondary N) is 1. The third-order valence-electron chi connectivity index (χ3n) is 2.63. The Morgan fingerprint density at radius 3 is 2.79 bits per heavy atom. The molecule has 0 spiro atoms. The van der Waals surface area contributed by atoms with Gasteiger partial charge in [0.25, 0.3) is 0 Å². The van der Waals surface area contributed by atoms with Crippen LogP contribution >= 0.6 is 0 Å². The number of carbonyl (C=O) groups is 1. The van der Waals surface area contributed by atoms with Gasteiger partial charge in [-0.2, -0.15) is 0 Å². The summed E-state index contributed by atoms with van der Waals surface area (Å²) in [5.41, 5.74) is 4.68. The fraction of sp³-hybridized carbons (Fsp3) is 0.900. The zero-order chi connectivity index (χ0) is 10.6. The summed E-state index contributed by atoms with van der Waals surface area (Å²) in [5, 5.41) is 3.28. The van der Waals surface area contributed by atoms with Gasteiger partial charge >= 0.3 is 0 Å². The van der Waals surface area contributed by atoms with Crippen LogP contribution in [0.4, 0.5) is 0 Å². The molecule has 0 aromatic carbocycles. The molecule has 1 saturated heterocycles. The molecule has 0 radical (unpaired) electrons. The first-order chi connectivity index (χ1) is 6.52. The average molecular weight is 200 g/mol. The minimum absolute atomic E-state index is 0.303. The summed E-state index contributed by atoms with van der Waals surface area (Å²) in [7, 11) is 0. The Balaban J connectivity index is 2.45. The smallest absolute Gasteiger partial charge is 0.237 e. The van der Waals surface area contributed by atoms with Crippen LogP contribution < -0.4 is 11.1 Å². The molecule has 0 aliphatic carbocycles. The number of carbonyl (C=O) groups excluding carboxylic acids is 1. The Hall–Kier alpha value is -0.610. The summed E-state index contributed by atoms with van der Waals surface area (Å²) in [6.07, 6.45) is 3.06. The minimum atomic E-state index is -0.616. The first kappa shape index (κ1) is 11.5. The second-order valence-electron chi connectivity index (χ2n) is 4.37. The minimum Gasteiger partial charge on any atom is -0.381 e. The maximum Gasteiger partial charge on any atom is 0.237 e. The van der Waals surface area contributed by atoms with Crippen molar-refractivity contribution in [3.8, 4) is 0 Å². The van der Waals surface area contributed by atoms with E-state index in [4.69, 9.17) is 10.5 Å². The van der Waals surface area contributed by atoms with Gasteiger partial charge in [0.15, 0.2) is 0 Å². The highest BCUT2D eigenvalue weighted by atomic mass is 16.5. The van der Waals surface area contributed by atoms with E-state index < -0.39 is 5.54 Å². The van der Waals surface area contributed by atoms with Gasteiger partial charge in [0.05, 0.1) is 5.54 Å². The van der Waals surface area contributed by atoms with Gasteiger partial charge in [0.1, 0.15) is 0 Å². The highest BCUT2D eigenvalue weighted by molar-refractivity contribution is 5.83. The lowest BCUT2D eigenvalue weighted by Gasteiger charge is -2.28. The van der Waals surface area contributed by atoms with Crippen LogP contribution in [0.25, 0.3) is 0 Å². The van der Waals surface area contributed by atoms with Crippen LogP contribution in [-0.2, 0) is 9.53 Å². The molecule has 1 aliphatic rings. The van der Waals surface area contributed by atoms with Crippen molar-refractivity contribution in [3.05, 3.63) is 0 Å². The summed E-state index contributed by atoms with van der Waals surface area (Å²) in [4.78, 5) is 11.1. The van der Waals surface area contributed by atoms with Crippen molar-refractivity contribution in [1.82, 2.24) is 5.32 Å². The van der Waals surface area contributed by atoms with E-state index in [1.807, 2.05) is 13.8 Å². The first-order valence-corrected chi connectivity index (χ1v) is 5.18. The molecule has 1 heterocycles. The van der Waals surface area contributed by atoms with E-state index in [1.165, 1.54) is 0 Å². The maximum absolute atomic E-state index is 11.1. The first-order valence-electron chi connectivity index (χ1n) is 5.18.